The standard InChI is InChI=1S/C18H24N2O/c1-5-16(19)18(15-6-8-20-9-7-15)21-17-11-12(2)10-13(3)14(17)4/h6-11,16,18H,5,19H2,1-4H3. The highest BCUT2D eigenvalue weighted by molar-refractivity contribution is 5.42. The maximum absolute atomic E-state index is 6.29. The smallest absolute Gasteiger partial charge is 0.139 e. The van der Waals surface area contributed by atoms with Crippen LogP contribution >= 0.6 is 0 Å². The molecule has 0 saturated carbocycles. The molecular formula is C18H24N2O. The molecule has 2 N–H and O–H groups in total. The second kappa shape index (κ2) is 6.72. The predicted molar refractivity (Wildman–Crippen MR) is 86.5 cm³/mol. The largest absolute Gasteiger partial charge is 0.484 e. The number of rotatable bonds is 5. The van der Waals surface area contributed by atoms with Crippen molar-refractivity contribution >= 4 is 0 Å². The quantitative estimate of drug-likeness (QED) is 0.906. The van der Waals surface area contributed by atoms with Crippen molar-refractivity contribution in [3.05, 3.63) is 58.9 Å². The van der Waals surface area contributed by atoms with Gasteiger partial charge in [-0.05, 0) is 67.6 Å². The highest BCUT2D eigenvalue weighted by atomic mass is 16.5. The Morgan fingerprint density at radius 2 is 1.81 bits per heavy atom. The average molecular weight is 284 g/mol. The fraction of sp³-hybridized carbons (Fsp3) is 0.389. The Bertz CT molecular complexity index is 596. The van der Waals surface area contributed by atoms with E-state index in [0.717, 1.165) is 17.7 Å². The Balaban J connectivity index is 2.36. The van der Waals surface area contributed by atoms with Gasteiger partial charge in [0, 0.05) is 18.4 Å². The summed E-state index contributed by atoms with van der Waals surface area (Å²) >= 11 is 0. The maximum atomic E-state index is 6.29. The average Bonchev–Trinajstić information content (AvgIpc) is 2.49. The van der Waals surface area contributed by atoms with Gasteiger partial charge in [-0.25, -0.2) is 0 Å². The number of hydrogen-bond donors (Lipinski definition) is 1. The van der Waals surface area contributed by atoms with Crippen molar-refractivity contribution in [2.75, 3.05) is 0 Å². The van der Waals surface area contributed by atoms with Crippen molar-refractivity contribution in [1.82, 2.24) is 4.98 Å². The Labute approximate surface area is 127 Å². The fourth-order valence-corrected chi connectivity index (χ4v) is 2.43. The molecule has 1 heterocycles. The van der Waals surface area contributed by atoms with Gasteiger partial charge in [0.25, 0.3) is 0 Å². The van der Waals surface area contributed by atoms with Gasteiger partial charge >= 0.3 is 0 Å². The summed E-state index contributed by atoms with van der Waals surface area (Å²) in [5, 5.41) is 0. The minimum atomic E-state index is -0.155. The molecule has 2 rings (SSSR count). The van der Waals surface area contributed by atoms with Crippen LogP contribution in [0.4, 0.5) is 0 Å². The van der Waals surface area contributed by atoms with Gasteiger partial charge < -0.3 is 10.5 Å². The first-order valence-electron chi connectivity index (χ1n) is 7.43. The minimum Gasteiger partial charge on any atom is -0.484 e. The van der Waals surface area contributed by atoms with Crippen molar-refractivity contribution < 1.29 is 4.74 Å². The third-order valence-corrected chi connectivity index (χ3v) is 3.91. The summed E-state index contributed by atoms with van der Waals surface area (Å²) in [4.78, 5) is 4.07. The third-order valence-electron chi connectivity index (χ3n) is 3.91. The van der Waals surface area contributed by atoms with Crippen LogP contribution < -0.4 is 10.5 Å². The Morgan fingerprint density at radius 3 is 2.43 bits per heavy atom. The number of aryl methyl sites for hydroxylation is 2. The van der Waals surface area contributed by atoms with E-state index < -0.39 is 0 Å². The molecule has 0 fully saturated rings. The van der Waals surface area contributed by atoms with Crippen LogP contribution in [-0.2, 0) is 0 Å². The molecule has 0 aliphatic rings. The lowest BCUT2D eigenvalue weighted by atomic mass is 10.0. The van der Waals surface area contributed by atoms with Gasteiger partial charge in [0.15, 0.2) is 0 Å². The number of pyridine rings is 1. The highest BCUT2D eigenvalue weighted by Gasteiger charge is 2.21. The van der Waals surface area contributed by atoms with Gasteiger partial charge in [-0.1, -0.05) is 13.0 Å². The highest BCUT2D eigenvalue weighted by Crippen LogP contribution is 2.30. The van der Waals surface area contributed by atoms with Crippen molar-refractivity contribution in [2.24, 2.45) is 5.73 Å². The second-order valence-corrected chi connectivity index (χ2v) is 5.60. The van der Waals surface area contributed by atoms with Crippen LogP contribution in [0.5, 0.6) is 5.75 Å². The van der Waals surface area contributed by atoms with Gasteiger partial charge in [0.1, 0.15) is 11.9 Å². The molecule has 1 aromatic heterocycles. The zero-order valence-corrected chi connectivity index (χ0v) is 13.3. The molecule has 0 saturated heterocycles. The normalized spacial score (nSPS) is 13.8. The van der Waals surface area contributed by atoms with E-state index in [9.17, 15) is 0 Å². The molecule has 112 valence electrons. The van der Waals surface area contributed by atoms with Crippen molar-refractivity contribution in [1.29, 1.82) is 0 Å². The van der Waals surface area contributed by atoms with Crippen molar-refractivity contribution in [3.8, 4) is 5.75 Å². The molecule has 2 atom stereocenters. The van der Waals surface area contributed by atoms with Gasteiger partial charge in [-0.2, -0.15) is 0 Å². The van der Waals surface area contributed by atoms with Gasteiger partial charge in [0.2, 0.25) is 0 Å². The van der Waals surface area contributed by atoms with E-state index in [4.69, 9.17) is 10.5 Å². The summed E-state index contributed by atoms with van der Waals surface area (Å²) in [6.07, 6.45) is 4.26. The molecule has 0 spiro atoms. The summed E-state index contributed by atoms with van der Waals surface area (Å²) in [6.45, 7) is 8.36. The summed E-state index contributed by atoms with van der Waals surface area (Å²) < 4.78 is 6.29. The lowest BCUT2D eigenvalue weighted by Gasteiger charge is -2.26. The molecule has 3 heteroatoms. The van der Waals surface area contributed by atoms with E-state index in [1.807, 2.05) is 12.1 Å². The minimum absolute atomic E-state index is 0.0485. The molecule has 3 nitrogen and oxygen atoms in total. The summed E-state index contributed by atoms with van der Waals surface area (Å²) in [6, 6.07) is 8.14. The van der Waals surface area contributed by atoms with E-state index >= 15 is 0 Å². The van der Waals surface area contributed by atoms with Gasteiger partial charge in [0.05, 0.1) is 0 Å². The molecule has 0 amide bonds. The topological polar surface area (TPSA) is 48.1 Å². The third kappa shape index (κ3) is 3.61. The molecule has 0 radical (unpaired) electrons. The number of ether oxygens (including phenoxy) is 1. The van der Waals surface area contributed by atoms with Gasteiger partial charge in [-0.15, -0.1) is 0 Å². The maximum Gasteiger partial charge on any atom is 0.139 e. The van der Waals surface area contributed by atoms with E-state index in [2.05, 4.69) is 44.8 Å². The monoisotopic (exact) mass is 284 g/mol. The van der Waals surface area contributed by atoms with Crippen LogP contribution in [0, 0.1) is 20.8 Å². The second-order valence-electron chi connectivity index (χ2n) is 5.60. The van der Waals surface area contributed by atoms with Crippen LogP contribution in [-0.4, -0.2) is 11.0 Å². The molecule has 2 aromatic rings. The van der Waals surface area contributed by atoms with Crippen molar-refractivity contribution in [3.63, 3.8) is 0 Å². The van der Waals surface area contributed by atoms with Crippen molar-refractivity contribution in [2.45, 2.75) is 46.3 Å². The Morgan fingerprint density at radius 1 is 1.14 bits per heavy atom. The molecule has 0 bridgehead atoms. The van der Waals surface area contributed by atoms with Gasteiger partial charge in [-0.3, -0.25) is 4.98 Å². The zero-order valence-electron chi connectivity index (χ0n) is 13.3. The molecule has 21 heavy (non-hydrogen) atoms. The molecule has 1 aromatic carbocycles. The zero-order chi connectivity index (χ0) is 15.4. The van der Waals surface area contributed by atoms with E-state index in [-0.39, 0.29) is 12.1 Å². The summed E-state index contributed by atoms with van der Waals surface area (Å²) in [5.74, 6) is 0.915. The first-order chi connectivity index (χ1) is 10.0. The van der Waals surface area contributed by atoms with E-state index in [0.29, 0.717) is 0 Å². The fourth-order valence-electron chi connectivity index (χ4n) is 2.43. The SMILES string of the molecule is CCC(N)C(Oc1cc(C)cc(C)c1C)c1ccncc1. The predicted octanol–water partition coefficient (Wildman–Crippen LogP) is 3.86. The number of aromatic nitrogens is 1. The van der Waals surface area contributed by atoms with Crippen LogP contribution in [0.25, 0.3) is 0 Å². The van der Waals surface area contributed by atoms with Crippen LogP contribution in [0.15, 0.2) is 36.7 Å². The van der Waals surface area contributed by atoms with E-state index in [1.165, 1.54) is 16.7 Å². The molecule has 0 aliphatic carbocycles. The number of nitrogens with two attached hydrogens (primary N) is 1. The number of nitrogens with zero attached hydrogens (tertiary/aromatic N) is 1. The number of hydrogen-bond acceptors (Lipinski definition) is 3. The van der Waals surface area contributed by atoms with Crippen LogP contribution in [0.3, 0.4) is 0 Å². The Kier molecular flexibility index (Phi) is 4.97. The first-order valence-corrected chi connectivity index (χ1v) is 7.43. The molecular weight excluding hydrogens is 260 g/mol. The molecule has 2 unspecified atom stereocenters. The lowest BCUT2D eigenvalue weighted by molar-refractivity contribution is 0.169. The van der Waals surface area contributed by atoms with Crippen LogP contribution in [0.1, 0.15) is 41.7 Å². The molecule has 0 aliphatic heterocycles. The Hall–Kier alpha value is -1.87. The van der Waals surface area contributed by atoms with E-state index in [1.54, 1.807) is 12.4 Å². The number of benzene rings is 1. The summed E-state index contributed by atoms with van der Waals surface area (Å²) in [5.41, 5.74) is 11.0. The summed E-state index contributed by atoms with van der Waals surface area (Å²) in [7, 11) is 0. The first kappa shape index (κ1) is 15.5. The lowest BCUT2D eigenvalue weighted by Crippen LogP contribution is -2.31. The van der Waals surface area contributed by atoms with Crippen LogP contribution in [0.2, 0.25) is 0 Å².